The molecule has 0 unspecified atom stereocenters. The average molecular weight is 471 g/mol. The van der Waals surface area contributed by atoms with Gasteiger partial charge in [-0.1, -0.05) is 23.3 Å². The van der Waals surface area contributed by atoms with Crippen molar-refractivity contribution < 1.29 is 19.7 Å². The van der Waals surface area contributed by atoms with E-state index in [2.05, 4.69) is 28.1 Å². The van der Waals surface area contributed by atoms with Crippen LogP contribution in [-0.2, 0) is 19.3 Å². The SMILES string of the molecule is CC(C)=CCc1cc2c(c(Br)c1O)O[C@H]1c3ccc(O)c(CC=C(C)C)c3O[C@H]1C2. The van der Waals surface area contributed by atoms with Crippen LogP contribution in [0.5, 0.6) is 23.0 Å². The minimum Gasteiger partial charge on any atom is -0.508 e. The van der Waals surface area contributed by atoms with Gasteiger partial charge in [-0.05, 0) is 85.8 Å². The molecule has 158 valence electrons. The minimum absolute atomic E-state index is 0.160. The lowest BCUT2D eigenvalue weighted by Gasteiger charge is -2.29. The van der Waals surface area contributed by atoms with Crippen molar-refractivity contribution in [2.45, 2.75) is 59.2 Å². The number of aromatic hydroxyl groups is 2. The van der Waals surface area contributed by atoms with E-state index in [1.807, 2.05) is 39.8 Å². The number of fused-ring (bicyclic) bond motifs is 4. The molecule has 0 aliphatic carbocycles. The summed E-state index contributed by atoms with van der Waals surface area (Å²) in [4.78, 5) is 0. The summed E-state index contributed by atoms with van der Waals surface area (Å²) in [6.45, 7) is 8.17. The molecule has 0 spiro atoms. The molecule has 30 heavy (non-hydrogen) atoms. The highest BCUT2D eigenvalue weighted by atomic mass is 79.9. The number of halogens is 1. The first-order chi connectivity index (χ1) is 14.3. The average Bonchev–Trinajstić information content (AvgIpc) is 3.04. The van der Waals surface area contributed by atoms with Crippen molar-refractivity contribution in [2.75, 3.05) is 0 Å². The van der Waals surface area contributed by atoms with E-state index in [1.54, 1.807) is 6.07 Å². The van der Waals surface area contributed by atoms with E-state index in [0.717, 1.165) is 28.0 Å². The lowest BCUT2D eigenvalue weighted by Crippen LogP contribution is -2.30. The molecule has 0 fully saturated rings. The van der Waals surface area contributed by atoms with Gasteiger partial charge in [0.05, 0.1) is 0 Å². The van der Waals surface area contributed by atoms with Gasteiger partial charge in [-0.3, -0.25) is 0 Å². The zero-order chi connectivity index (χ0) is 21.6. The van der Waals surface area contributed by atoms with E-state index >= 15 is 0 Å². The lowest BCUT2D eigenvalue weighted by molar-refractivity contribution is 0.0680. The predicted octanol–water partition coefficient (Wildman–Crippen LogP) is 6.31. The third-order valence-electron chi connectivity index (χ3n) is 5.64. The van der Waals surface area contributed by atoms with Gasteiger partial charge < -0.3 is 19.7 Å². The Morgan fingerprint density at radius 2 is 1.73 bits per heavy atom. The predicted molar refractivity (Wildman–Crippen MR) is 122 cm³/mol. The van der Waals surface area contributed by atoms with Crippen molar-refractivity contribution in [1.29, 1.82) is 0 Å². The summed E-state index contributed by atoms with van der Waals surface area (Å²) >= 11 is 3.54. The fraction of sp³-hybridized carbons (Fsp3) is 0.360. The molecule has 0 radical (unpaired) electrons. The van der Waals surface area contributed by atoms with Crippen LogP contribution in [-0.4, -0.2) is 16.3 Å². The van der Waals surface area contributed by atoms with E-state index in [0.29, 0.717) is 29.5 Å². The first-order valence-corrected chi connectivity index (χ1v) is 11.0. The van der Waals surface area contributed by atoms with E-state index in [1.165, 1.54) is 11.1 Å². The molecule has 0 aromatic heterocycles. The van der Waals surface area contributed by atoms with Crippen LogP contribution in [0.3, 0.4) is 0 Å². The third-order valence-corrected chi connectivity index (χ3v) is 6.38. The van der Waals surface area contributed by atoms with E-state index in [4.69, 9.17) is 9.47 Å². The second kappa shape index (κ2) is 8.03. The number of hydrogen-bond donors (Lipinski definition) is 2. The summed E-state index contributed by atoms with van der Waals surface area (Å²) < 4.78 is 13.3. The summed E-state index contributed by atoms with van der Waals surface area (Å²) in [5.41, 5.74) is 6.01. The van der Waals surface area contributed by atoms with Crippen LogP contribution in [0.15, 0.2) is 46.0 Å². The molecule has 0 saturated carbocycles. The number of phenolic OH excluding ortho intramolecular Hbond substituents is 2. The Morgan fingerprint density at radius 3 is 2.43 bits per heavy atom. The summed E-state index contributed by atoms with van der Waals surface area (Å²) in [6, 6.07) is 5.61. The van der Waals surface area contributed by atoms with E-state index < -0.39 is 0 Å². The molecule has 2 aromatic rings. The van der Waals surface area contributed by atoms with Gasteiger partial charge in [0.1, 0.15) is 33.6 Å². The summed E-state index contributed by atoms with van der Waals surface area (Å²) in [7, 11) is 0. The molecule has 0 amide bonds. The molecule has 2 aromatic carbocycles. The van der Waals surface area contributed by atoms with E-state index in [-0.39, 0.29) is 23.7 Å². The Hall–Kier alpha value is -2.40. The number of ether oxygens (including phenoxy) is 2. The van der Waals surface area contributed by atoms with E-state index in [9.17, 15) is 10.2 Å². The second-order valence-electron chi connectivity index (χ2n) is 8.54. The van der Waals surface area contributed by atoms with Gasteiger partial charge in [0.25, 0.3) is 0 Å². The number of allylic oxidation sites excluding steroid dienone is 4. The Bertz CT molecular complexity index is 1060. The van der Waals surface area contributed by atoms with Gasteiger partial charge in [-0.25, -0.2) is 0 Å². The maximum absolute atomic E-state index is 10.7. The van der Waals surface area contributed by atoms with Crippen LogP contribution in [0.25, 0.3) is 0 Å². The molecular weight excluding hydrogens is 444 g/mol. The van der Waals surface area contributed by atoms with Crippen LogP contribution < -0.4 is 9.47 Å². The summed E-state index contributed by atoms with van der Waals surface area (Å²) in [6.07, 6.45) is 5.71. The molecule has 0 bridgehead atoms. The van der Waals surface area contributed by atoms with Crippen molar-refractivity contribution in [3.8, 4) is 23.0 Å². The molecule has 5 heteroatoms. The Balaban J connectivity index is 1.70. The molecule has 4 rings (SSSR count). The van der Waals surface area contributed by atoms with Gasteiger partial charge in [0.2, 0.25) is 0 Å². The Kier molecular flexibility index (Phi) is 5.58. The highest BCUT2D eigenvalue weighted by Gasteiger charge is 2.42. The third kappa shape index (κ3) is 3.71. The number of phenols is 2. The molecule has 2 aliphatic heterocycles. The van der Waals surface area contributed by atoms with Crippen LogP contribution in [0.2, 0.25) is 0 Å². The minimum atomic E-state index is -0.266. The maximum atomic E-state index is 10.7. The standard InChI is InChI=1S/C25H27BrO4/c1-13(2)5-7-15-11-16-12-20-25(30-23(16)21(26)22(15)28)18-9-10-19(27)17(24(18)29-20)8-6-14(3)4/h5-6,9-11,20,25,27-28H,7-8,12H2,1-4H3/t20-,25-/m0/s1. The van der Waals surface area contributed by atoms with Gasteiger partial charge in [0.15, 0.2) is 6.10 Å². The zero-order valence-electron chi connectivity index (χ0n) is 17.8. The van der Waals surface area contributed by atoms with Gasteiger partial charge >= 0.3 is 0 Å². The van der Waals surface area contributed by atoms with Gasteiger partial charge in [0, 0.05) is 17.5 Å². The quantitative estimate of drug-likeness (QED) is 0.513. The second-order valence-corrected chi connectivity index (χ2v) is 9.33. The number of rotatable bonds is 4. The maximum Gasteiger partial charge on any atom is 0.164 e. The van der Waals surface area contributed by atoms with Gasteiger partial charge in [-0.15, -0.1) is 0 Å². The lowest BCUT2D eigenvalue weighted by atomic mass is 9.93. The summed E-state index contributed by atoms with van der Waals surface area (Å²) in [5, 5.41) is 21.1. The van der Waals surface area contributed by atoms with Crippen molar-refractivity contribution in [2.24, 2.45) is 0 Å². The first kappa shape index (κ1) is 20.9. The highest BCUT2D eigenvalue weighted by molar-refractivity contribution is 9.10. The number of benzene rings is 2. The Labute approximate surface area is 186 Å². The van der Waals surface area contributed by atoms with Gasteiger partial charge in [-0.2, -0.15) is 0 Å². The topological polar surface area (TPSA) is 58.9 Å². The molecular formula is C25H27BrO4. The normalized spacial score (nSPS) is 18.4. The van der Waals surface area contributed by atoms with Crippen molar-refractivity contribution in [3.63, 3.8) is 0 Å². The molecule has 2 N–H and O–H groups in total. The highest BCUT2D eigenvalue weighted by Crippen LogP contribution is 2.52. The molecule has 2 atom stereocenters. The Morgan fingerprint density at radius 1 is 1.03 bits per heavy atom. The van der Waals surface area contributed by atoms with Crippen LogP contribution in [0.1, 0.15) is 56.1 Å². The molecule has 2 aliphatic rings. The molecule has 2 heterocycles. The van der Waals surface area contributed by atoms with Crippen LogP contribution >= 0.6 is 15.9 Å². The summed E-state index contributed by atoms with van der Waals surface area (Å²) in [5.74, 6) is 1.86. The number of hydrogen-bond acceptors (Lipinski definition) is 4. The van der Waals surface area contributed by atoms with Crippen molar-refractivity contribution >= 4 is 15.9 Å². The zero-order valence-corrected chi connectivity index (χ0v) is 19.3. The fourth-order valence-electron chi connectivity index (χ4n) is 4.03. The monoisotopic (exact) mass is 470 g/mol. The van der Waals surface area contributed by atoms with Crippen molar-refractivity contribution in [1.82, 2.24) is 0 Å². The first-order valence-electron chi connectivity index (χ1n) is 10.2. The van der Waals surface area contributed by atoms with Crippen LogP contribution in [0.4, 0.5) is 0 Å². The van der Waals surface area contributed by atoms with Crippen molar-refractivity contribution in [3.05, 3.63) is 68.2 Å². The fourth-order valence-corrected chi connectivity index (χ4v) is 4.63. The van der Waals surface area contributed by atoms with Crippen LogP contribution in [0, 0.1) is 0 Å². The largest absolute Gasteiger partial charge is 0.508 e. The smallest absolute Gasteiger partial charge is 0.164 e. The molecule has 4 nitrogen and oxygen atoms in total. The molecule has 0 saturated heterocycles.